The molecule has 3 heterocycles. The number of aliphatic hydroxyl groups excluding tert-OH is 1. The quantitative estimate of drug-likeness (QED) is 0.0858. The lowest BCUT2D eigenvalue weighted by atomic mass is 9.65. The number of aliphatic hydroxyl groups is 1. The van der Waals surface area contributed by atoms with Crippen LogP contribution in [-0.2, 0) is 31.1 Å². The summed E-state index contributed by atoms with van der Waals surface area (Å²) in [7, 11) is 1.98. The SMILES string of the molecule is C[C@@H](NC(=O)N1C(=O)[C@@]2(c3cc(C#CCN(C)Cc4ccccc4)ccc31)[C@H](C(N)=O)[C@H]1C(=O)O[C@H](c3ccccc3)[C@H](c3ccccc3)N1[C@@H]2c1cccc(OCCO)c1)c1ccccc1. The van der Waals surface area contributed by atoms with Crippen molar-refractivity contribution in [2.24, 2.45) is 11.7 Å². The summed E-state index contributed by atoms with van der Waals surface area (Å²) in [5, 5.41) is 12.8. The summed E-state index contributed by atoms with van der Waals surface area (Å²) in [6.45, 7) is 2.65. The van der Waals surface area contributed by atoms with Gasteiger partial charge in [-0.25, -0.2) is 9.69 Å². The van der Waals surface area contributed by atoms with Gasteiger partial charge in [0.1, 0.15) is 29.9 Å². The average molecular weight is 894 g/mol. The molecule has 9 rings (SSSR count). The number of anilines is 1. The maximum Gasteiger partial charge on any atom is 0.329 e. The van der Waals surface area contributed by atoms with Crippen molar-refractivity contribution in [3.8, 4) is 17.6 Å². The molecule has 4 amide bonds. The summed E-state index contributed by atoms with van der Waals surface area (Å²) in [5.74, 6) is 2.97. The summed E-state index contributed by atoms with van der Waals surface area (Å²) in [4.78, 5) is 66.0. The number of carbonyl (C=O) groups is 4. The molecular weight excluding hydrogens is 843 g/mol. The van der Waals surface area contributed by atoms with Crippen molar-refractivity contribution in [2.75, 3.05) is 31.7 Å². The molecule has 7 atom stereocenters. The zero-order valence-electron chi connectivity index (χ0n) is 37.2. The van der Waals surface area contributed by atoms with E-state index in [1.807, 2.05) is 134 Å². The normalized spacial score (nSPS) is 22.3. The van der Waals surface area contributed by atoms with E-state index in [4.69, 9.17) is 15.2 Å². The van der Waals surface area contributed by atoms with Gasteiger partial charge in [-0.1, -0.05) is 145 Å². The van der Waals surface area contributed by atoms with E-state index in [9.17, 15) is 14.7 Å². The van der Waals surface area contributed by atoms with Crippen LogP contribution in [0.2, 0.25) is 0 Å². The number of nitrogens with zero attached hydrogens (tertiary/aromatic N) is 3. The lowest BCUT2D eigenvalue weighted by Crippen LogP contribution is -2.55. The number of primary amides is 1. The summed E-state index contributed by atoms with van der Waals surface area (Å²) in [6.07, 6.45) is -0.903. The number of morpholine rings is 1. The molecule has 1 spiro atoms. The summed E-state index contributed by atoms with van der Waals surface area (Å²) >= 11 is 0. The van der Waals surface area contributed by atoms with Gasteiger partial charge in [-0.05, 0) is 77.7 Å². The van der Waals surface area contributed by atoms with Crippen molar-refractivity contribution >= 4 is 29.5 Å². The van der Waals surface area contributed by atoms with Crippen LogP contribution in [0.3, 0.4) is 0 Å². The van der Waals surface area contributed by atoms with Crippen LogP contribution < -0.4 is 20.7 Å². The number of hydrogen-bond donors (Lipinski definition) is 3. The van der Waals surface area contributed by atoms with Crippen LogP contribution in [0.25, 0.3) is 0 Å². The third-order valence-electron chi connectivity index (χ3n) is 13.0. The molecule has 0 bridgehead atoms. The standard InChI is InChI=1S/C55H51N5O7/c1-36(39-20-9-4-10-21-39)57-54(65)59-45-29-28-37(19-16-30-58(2)35-38-17-7-3-8-18-38)33-44(45)55(53(59)64)46(51(56)62)48-52(63)67-49(41-24-13-6-14-25-41)47(40-22-11-5-12-23-40)60(48)50(55)42-26-15-27-43(34-42)66-32-31-61/h3-15,17-18,20-29,33-34,36,46-50,61H,30-32,35H2,1-2H3,(H2,56,62)(H,57,65)/t36-,46+,47+,48+,49-,50-,55+/m1/s1. The fourth-order valence-electron chi connectivity index (χ4n) is 10.3. The highest BCUT2D eigenvalue weighted by molar-refractivity contribution is 6.24. The second kappa shape index (κ2) is 19.1. The first-order valence-electron chi connectivity index (χ1n) is 22.4. The molecule has 6 aromatic carbocycles. The van der Waals surface area contributed by atoms with E-state index in [2.05, 4.69) is 34.2 Å². The maximum absolute atomic E-state index is 16.3. The van der Waals surface area contributed by atoms with E-state index >= 15 is 9.59 Å². The predicted octanol–water partition coefficient (Wildman–Crippen LogP) is 7.16. The monoisotopic (exact) mass is 893 g/mol. The van der Waals surface area contributed by atoms with Crippen LogP contribution >= 0.6 is 0 Å². The largest absolute Gasteiger partial charge is 0.491 e. The van der Waals surface area contributed by atoms with E-state index in [1.54, 1.807) is 36.4 Å². The number of hydrogen-bond acceptors (Lipinski definition) is 9. The van der Waals surface area contributed by atoms with E-state index in [0.29, 0.717) is 41.1 Å². The van der Waals surface area contributed by atoms with Gasteiger partial charge in [-0.2, -0.15) is 0 Å². The number of ether oxygens (including phenoxy) is 2. The molecule has 0 radical (unpaired) electrons. The molecule has 0 aliphatic carbocycles. The van der Waals surface area contributed by atoms with E-state index in [-0.39, 0.29) is 18.9 Å². The molecule has 67 heavy (non-hydrogen) atoms. The number of nitrogens with two attached hydrogens (primary N) is 1. The smallest absolute Gasteiger partial charge is 0.329 e. The molecule has 3 aliphatic rings. The van der Waals surface area contributed by atoms with Gasteiger partial charge in [0.2, 0.25) is 11.8 Å². The number of urea groups is 1. The van der Waals surface area contributed by atoms with Gasteiger partial charge in [0.15, 0.2) is 0 Å². The zero-order chi connectivity index (χ0) is 46.7. The van der Waals surface area contributed by atoms with Gasteiger partial charge in [-0.3, -0.25) is 24.2 Å². The number of benzene rings is 6. The summed E-state index contributed by atoms with van der Waals surface area (Å²) < 4.78 is 12.4. The number of imide groups is 1. The third-order valence-corrected chi connectivity index (χ3v) is 13.0. The number of carbonyl (C=O) groups excluding carboxylic acids is 4. The van der Waals surface area contributed by atoms with Gasteiger partial charge < -0.3 is 25.6 Å². The molecule has 12 heteroatoms. The minimum absolute atomic E-state index is 0.0115. The van der Waals surface area contributed by atoms with Gasteiger partial charge in [0.25, 0.3) is 0 Å². The van der Waals surface area contributed by atoms with E-state index in [0.717, 1.165) is 21.6 Å². The van der Waals surface area contributed by atoms with E-state index in [1.165, 1.54) is 0 Å². The first-order valence-corrected chi connectivity index (χ1v) is 22.4. The van der Waals surface area contributed by atoms with Crippen molar-refractivity contribution in [3.05, 3.63) is 203 Å². The van der Waals surface area contributed by atoms with Crippen LogP contribution in [0.4, 0.5) is 10.5 Å². The topological polar surface area (TPSA) is 155 Å². The van der Waals surface area contributed by atoms with Crippen LogP contribution in [0.5, 0.6) is 5.75 Å². The number of amides is 4. The Bertz CT molecular complexity index is 2840. The second-order valence-corrected chi connectivity index (χ2v) is 17.2. The van der Waals surface area contributed by atoms with Gasteiger partial charge >= 0.3 is 12.0 Å². The van der Waals surface area contributed by atoms with E-state index < -0.39 is 65.4 Å². The molecule has 2 fully saturated rings. The lowest BCUT2D eigenvalue weighted by Gasteiger charge is -2.46. The molecule has 6 aromatic rings. The molecule has 4 N–H and O–H groups in total. The fraction of sp³-hybridized carbons (Fsp3) is 0.236. The lowest BCUT2D eigenvalue weighted by molar-refractivity contribution is -0.178. The number of esters is 1. The third kappa shape index (κ3) is 8.34. The van der Waals surface area contributed by atoms with Gasteiger partial charge in [0.05, 0.1) is 42.9 Å². The van der Waals surface area contributed by atoms with Crippen molar-refractivity contribution in [2.45, 2.75) is 49.2 Å². The summed E-state index contributed by atoms with van der Waals surface area (Å²) in [5.41, 5.74) is 9.51. The van der Waals surface area contributed by atoms with Crippen molar-refractivity contribution in [3.63, 3.8) is 0 Å². The molecule has 0 aromatic heterocycles. The van der Waals surface area contributed by atoms with Crippen LogP contribution in [0, 0.1) is 17.8 Å². The second-order valence-electron chi connectivity index (χ2n) is 17.2. The van der Waals surface area contributed by atoms with Gasteiger partial charge in [-0.15, -0.1) is 0 Å². The number of nitrogens with one attached hydrogen (secondary N) is 1. The number of fused-ring (bicyclic) bond motifs is 3. The Morgan fingerprint density at radius 3 is 2.13 bits per heavy atom. The van der Waals surface area contributed by atoms with Crippen molar-refractivity contribution in [1.82, 2.24) is 15.1 Å². The highest BCUT2D eigenvalue weighted by Crippen LogP contribution is 2.66. The number of cyclic esters (lactones) is 1. The Morgan fingerprint density at radius 2 is 1.46 bits per heavy atom. The maximum atomic E-state index is 16.3. The Kier molecular flexibility index (Phi) is 12.7. The molecule has 3 aliphatic heterocycles. The Morgan fingerprint density at radius 1 is 0.821 bits per heavy atom. The predicted molar refractivity (Wildman–Crippen MR) is 253 cm³/mol. The Labute approximate surface area is 389 Å². The first-order chi connectivity index (χ1) is 32.6. The zero-order valence-corrected chi connectivity index (χ0v) is 37.2. The van der Waals surface area contributed by atoms with Crippen LogP contribution in [-0.4, -0.2) is 71.6 Å². The molecule has 0 unspecified atom stereocenters. The highest BCUT2D eigenvalue weighted by atomic mass is 16.6. The Balaban J connectivity index is 1.27. The molecular formula is C55H51N5O7. The van der Waals surface area contributed by atoms with Gasteiger partial charge in [0, 0.05) is 12.1 Å². The molecule has 0 saturated carbocycles. The molecule has 338 valence electrons. The fourth-order valence-corrected chi connectivity index (χ4v) is 10.3. The van der Waals surface area contributed by atoms with Crippen LogP contribution in [0.15, 0.2) is 164 Å². The first kappa shape index (κ1) is 44.6. The molecule has 12 nitrogen and oxygen atoms in total. The van der Waals surface area contributed by atoms with Crippen LogP contribution in [0.1, 0.15) is 70.1 Å². The molecule has 2 saturated heterocycles. The van der Waals surface area contributed by atoms with Crippen molar-refractivity contribution < 1.29 is 33.8 Å². The number of rotatable bonds is 12. The minimum atomic E-state index is -2.02. The highest BCUT2D eigenvalue weighted by Gasteiger charge is 2.75. The Hall–Kier alpha value is -7.56. The average Bonchev–Trinajstić information content (AvgIpc) is 3.81. The van der Waals surface area contributed by atoms with Crippen molar-refractivity contribution in [1.29, 1.82) is 0 Å². The summed E-state index contributed by atoms with van der Waals surface area (Å²) in [6, 6.07) is 46.0. The minimum Gasteiger partial charge on any atom is -0.491 e.